The number of benzene rings is 2. The predicted molar refractivity (Wildman–Crippen MR) is 141 cm³/mol. The van der Waals surface area contributed by atoms with Crippen LogP contribution in [0.3, 0.4) is 0 Å². The minimum Gasteiger partial charge on any atom is -0.385 e. The highest BCUT2D eigenvalue weighted by Crippen LogP contribution is 2.32. The molecule has 0 saturated carbocycles. The van der Waals surface area contributed by atoms with E-state index < -0.39 is 34.6 Å². The van der Waals surface area contributed by atoms with Gasteiger partial charge < -0.3 is 25.1 Å². The van der Waals surface area contributed by atoms with Crippen LogP contribution in [0.1, 0.15) is 54.9 Å². The molecule has 2 aromatic carbocycles. The van der Waals surface area contributed by atoms with Crippen molar-refractivity contribution in [1.82, 2.24) is 14.7 Å². The molecule has 1 amide bonds. The zero-order valence-corrected chi connectivity index (χ0v) is 22.0. The van der Waals surface area contributed by atoms with Crippen molar-refractivity contribution >= 4 is 17.3 Å². The second-order valence-corrected chi connectivity index (χ2v) is 11.1. The normalized spacial score (nSPS) is 20.8. The number of halogens is 3. The Morgan fingerprint density at radius 2 is 1.71 bits per heavy atom. The number of carbonyl (C=O) groups is 1. The standard InChI is InChI=1S/C29H37F3N4O2/c1-2-20-6-9-25(24(31)16-20)33-27-22(7-8-23(30)26(27)32)28(37)36-18-29(38,19-36)17-34-14-10-21(11-15-34)35-12-4-3-5-13-35/h6-9,16,21,33,38H,2-5,10-15,17-19H2,1H3. The smallest absolute Gasteiger partial charge is 0.256 e. The highest BCUT2D eigenvalue weighted by atomic mass is 19.2. The third-order valence-electron chi connectivity index (χ3n) is 8.27. The number of nitrogens with one attached hydrogen (secondary N) is 1. The van der Waals surface area contributed by atoms with E-state index in [4.69, 9.17) is 0 Å². The summed E-state index contributed by atoms with van der Waals surface area (Å²) in [7, 11) is 0. The van der Waals surface area contributed by atoms with Crippen molar-refractivity contribution in [2.45, 2.75) is 57.1 Å². The van der Waals surface area contributed by atoms with Crippen LogP contribution in [0.2, 0.25) is 0 Å². The molecule has 0 bridgehead atoms. The molecule has 3 aliphatic rings. The van der Waals surface area contributed by atoms with Gasteiger partial charge in [0.1, 0.15) is 11.4 Å². The molecule has 2 aromatic rings. The molecule has 0 spiro atoms. The zero-order valence-electron chi connectivity index (χ0n) is 22.0. The number of nitrogens with zero attached hydrogens (tertiary/aromatic N) is 3. The van der Waals surface area contributed by atoms with Crippen LogP contribution >= 0.6 is 0 Å². The van der Waals surface area contributed by atoms with Crippen LogP contribution < -0.4 is 5.32 Å². The summed E-state index contributed by atoms with van der Waals surface area (Å²) in [5.41, 5.74) is -0.837. The molecule has 3 saturated heterocycles. The summed E-state index contributed by atoms with van der Waals surface area (Å²) in [6.45, 7) is 6.77. The Bertz CT molecular complexity index is 1160. The first-order valence-corrected chi connectivity index (χ1v) is 13.8. The molecule has 5 rings (SSSR count). The minimum atomic E-state index is -1.25. The van der Waals surface area contributed by atoms with E-state index in [9.17, 15) is 23.1 Å². The number of hydrogen-bond donors (Lipinski definition) is 2. The summed E-state index contributed by atoms with van der Waals surface area (Å²) in [6.07, 6.45) is 6.67. The van der Waals surface area contributed by atoms with E-state index in [1.54, 1.807) is 6.07 Å². The maximum Gasteiger partial charge on any atom is 0.256 e. The van der Waals surface area contributed by atoms with Gasteiger partial charge in [-0.15, -0.1) is 0 Å². The zero-order chi connectivity index (χ0) is 26.9. The van der Waals surface area contributed by atoms with E-state index in [1.165, 1.54) is 55.5 Å². The Hall–Kier alpha value is -2.62. The van der Waals surface area contributed by atoms with Crippen LogP contribution in [0.25, 0.3) is 0 Å². The lowest BCUT2D eigenvalue weighted by Gasteiger charge is -2.50. The lowest BCUT2D eigenvalue weighted by atomic mass is 9.90. The summed E-state index contributed by atoms with van der Waals surface area (Å²) in [6, 6.07) is 7.17. The highest BCUT2D eigenvalue weighted by molar-refractivity contribution is 6.01. The van der Waals surface area contributed by atoms with Gasteiger partial charge in [-0.2, -0.15) is 0 Å². The first-order valence-electron chi connectivity index (χ1n) is 13.8. The summed E-state index contributed by atoms with van der Waals surface area (Å²) in [5.74, 6) is -3.54. The van der Waals surface area contributed by atoms with E-state index >= 15 is 0 Å². The average molecular weight is 531 g/mol. The summed E-state index contributed by atoms with van der Waals surface area (Å²) in [5, 5.41) is 13.7. The van der Waals surface area contributed by atoms with E-state index in [0.29, 0.717) is 19.0 Å². The van der Waals surface area contributed by atoms with E-state index in [0.717, 1.165) is 37.6 Å². The van der Waals surface area contributed by atoms with Crippen LogP contribution in [0.15, 0.2) is 30.3 Å². The molecule has 6 nitrogen and oxygen atoms in total. The van der Waals surface area contributed by atoms with Gasteiger partial charge in [0.15, 0.2) is 11.6 Å². The van der Waals surface area contributed by atoms with Gasteiger partial charge in [0, 0.05) is 12.6 Å². The molecule has 9 heteroatoms. The summed E-state index contributed by atoms with van der Waals surface area (Å²) >= 11 is 0. The van der Waals surface area contributed by atoms with Gasteiger partial charge in [0.05, 0.1) is 30.0 Å². The van der Waals surface area contributed by atoms with Crippen molar-refractivity contribution < 1.29 is 23.1 Å². The van der Waals surface area contributed by atoms with E-state index in [-0.39, 0.29) is 24.3 Å². The fourth-order valence-corrected chi connectivity index (χ4v) is 6.09. The number of rotatable bonds is 7. The van der Waals surface area contributed by atoms with Crippen molar-refractivity contribution in [3.05, 3.63) is 58.9 Å². The van der Waals surface area contributed by atoms with Gasteiger partial charge in [-0.05, 0) is 88.1 Å². The quantitative estimate of drug-likeness (QED) is 0.550. The second kappa shape index (κ2) is 11.2. The van der Waals surface area contributed by atoms with Gasteiger partial charge in [-0.25, -0.2) is 13.2 Å². The largest absolute Gasteiger partial charge is 0.385 e. The Morgan fingerprint density at radius 3 is 2.37 bits per heavy atom. The topological polar surface area (TPSA) is 59.1 Å². The van der Waals surface area contributed by atoms with Gasteiger partial charge >= 0.3 is 0 Å². The van der Waals surface area contributed by atoms with Crippen LogP contribution in [-0.2, 0) is 6.42 Å². The molecule has 0 radical (unpaired) electrons. The Kier molecular flexibility index (Phi) is 7.98. The molecule has 206 valence electrons. The van der Waals surface area contributed by atoms with E-state index in [1.807, 2.05) is 6.92 Å². The van der Waals surface area contributed by atoms with Crippen LogP contribution in [0.4, 0.5) is 24.5 Å². The number of hydrogen-bond acceptors (Lipinski definition) is 5. The van der Waals surface area contributed by atoms with Gasteiger partial charge in [-0.3, -0.25) is 4.79 Å². The first kappa shape index (κ1) is 27.0. The third-order valence-corrected chi connectivity index (χ3v) is 8.27. The number of aryl methyl sites for hydroxylation is 1. The first-order chi connectivity index (χ1) is 18.3. The molecule has 3 aliphatic heterocycles. The van der Waals surface area contributed by atoms with Crippen molar-refractivity contribution in [3.63, 3.8) is 0 Å². The lowest BCUT2D eigenvalue weighted by molar-refractivity contribution is -0.101. The fraction of sp³-hybridized carbons (Fsp3) is 0.552. The molecule has 3 heterocycles. The Labute approximate surface area is 222 Å². The van der Waals surface area contributed by atoms with Crippen molar-refractivity contribution in [3.8, 4) is 0 Å². The number of aliphatic hydroxyl groups is 1. The molecule has 0 aliphatic carbocycles. The number of β-amino-alcohol motifs (C(OH)–C–C–N with tert-alkyl or cyclic N) is 1. The number of amides is 1. The fourth-order valence-electron chi connectivity index (χ4n) is 6.09. The number of carbonyl (C=O) groups excluding carboxylic acids is 1. The molecule has 0 atom stereocenters. The maximum absolute atomic E-state index is 14.8. The van der Waals surface area contributed by atoms with Crippen LogP contribution in [0.5, 0.6) is 0 Å². The van der Waals surface area contributed by atoms with E-state index in [2.05, 4.69) is 15.1 Å². The monoisotopic (exact) mass is 530 g/mol. The number of anilines is 2. The predicted octanol–water partition coefficient (Wildman–Crippen LogP) is 4.55. The highest BCUT2D eigenvalue weighted by Gasteiger charge is 2.46. The molecule has 38 heavy (non-hydrogen) atoms. The van der Waals surface area contributed by atoms with Crippen LogP contribution in [-0.4, -0.2) is 83.2 Å². The van der Waals surface area contributed by atoms with Gasteiger partial charge in [0.2, 0.25) is 0 Å². The number of piperidine rings is 2. The maximum atomic E-state index is 14.8. The SMILES string of the molecule is CCc1ccc(Nc2c(C(=O)N3CC(O)(CN4CCC(N5CCCCC5)CC4)C3)ccc(F)c2F)c(F)c1. The minimum absolute atomic E-state index is 0.0474. The number of likely N-dealkylation sites (tertiary alicyclic amines) is 3. The average Bonchev–Trinajstić information content (AvgIpc) is 2.91. The van der Waals surface area contributed by atoms with Gasteiger partial charge in [-0.1, -0.05) is 19.4 Å². The molecular formula is C29H37F3N4O2. The second-order valence-electron chi connectivity index (χ2n) is 11.1. The Balaban J connectivity index is 1.21. The third kappa shape index (κ3) is 5.70. The van der Waals surface area contributed by atoms with Crippen molar-refractivity contribution in [1.29, 1.82) is 0 Å². The lowest BCUT2D eigenvalue weighted by Crippen LogP contribution is -2.68. The molecule has 3 fully saturated rings. The molecule has 0 aromatic heterocycles. The van der Waals surface area contributed by atoms with Crippen molar-refractivity contribution in [2.75, 3.05) is 51.1 Å². The molecule has 2 N–H and O–H groups in total. The van der Waals surface area contributed by atoms with Crippen LogP contribution in [0, 0.1) is 17.5 Å². The van der Waals surface area contributed by atoms with Gasteiger partial charge in [0.25, 0.3) is 5.91 Å². The molecular weight excluding hydrogens is 493 g/mol. The summed E-state index contributed by atoms with van der Waals surface area (Å²) < 4.78 is 43.5. The Morgan fingerprint density at radius 1 is 1.00 bits per heavy atom. The van der Waals surface area contributed by atoms with Crippen molar-refractivity contribution in [2.24, 2.45) is 0 Å². The summed E-state index contributed by atoms with van der Waals surface area (Å²) in [4.78, 5) is 19.6. The molecule has 0 unspecified atom stereocenters.